The first-order chi connectivity index (χ1) is 12.4. The number of carboxylic acids is 1. The van der Waals surface area contributed by atoms with Crippen LogP contribution in [0.1, 0.15) is 39.7 Å². The van der Waals surface area contributed by atoms with Gasteiger partial charge in [0.15, 0.2) is 6.04 Å². The van der Waals surface area contributed by atoms with Crippen molar-refractivity contribution in [2.75, 3.05) is 6.54 Å². The molecule has 0 aliphatic carbocycles. The predicted molar refractivity (Wildman–Crippen MR) is 96.2 cm³/mol. The summed E-state index contributed by atoms with van der Waals surface area (Å²) in [4.78, 5) is 25.2. The van der Waals surface area contributed by atoms with E-state index >= 15 is 0 Å². The van der Waals surface area contributed by atoms with Crippen molar-refractivity contribution in [3.8, 4) is 11.4 Å². The number of amides is 1. The van der Waals surface area contributed by atoms with Gasteiger partial charge in [0.25, 0.3) is 0 Å². The smallest absolute Gasteiger partial charge is 0.308 e. The van der Waals surface area contributed by atoms with Crippen molar-refractivity contribution in [3.63, 3.8) is 0 Å². The van der Waals surface area contributed by atoms with Crippen molar-refractivity contribution >= 4 is 11.9 Å². The maximum atomic E-state index is 12.6. The van der Waals surface area contributed by atoms with E-state index in [-0.39, 0.29) is 18.4 Å². The van der Waals surface area contributed by atoms with Gasteiger partial charge >= 0.3 is 5.97 Å². The first-order valence-electron chi connectivity index (χ1n) is 8.79. The molecule has 2 unspecified atom stereocenters. The van der Waals surface area contributed by atoms with Gasteiger partial charge < -0.3 is 10.4 Å². The molecular weight excluding hydrogens is 334 g/mol. The van der Waals surface area contributed by atoms with Crippen LogP contribution in [-0.2, 0) is 9.59 Å². The zero-order chi connectivity index (χ0) is 19.1. The van der Waals surface area contributed by atoms with Crippen LogP contribution in [0, 0.1) is 11.8 Å². The molecule has 2 N–H and O–H groups in total. The van der Waals surface area contributed by atoms with E-state index in [1.165, 1.54) is 4.80 Å². The van der Waals surface area contributed by atoms with E-state index < -0.39 is 17.9 Å². The molecule has 1 amide bonds. The van der Waals surface area contributed by atoms with Crippen LogP contribution in [0.2, 0.25) is 0 Å². The number of carboxylic acid groups (broad SMARTS) is 1. The van der Waals surface area contributed by atoms with Gasteiger partial charge in [-0.05, 0) is 17.6 Å². The number of carbonyl (C=O) groups is 2. The highest BCUT2D eigenvalue weighted by Crippen LogP contribution is 2.19. The Morgan fingerprint density at radius 1 is 1.23 bits per heavy atom. The Bertz CT molecular complexity index is 729. The summed E-state index contributed by atoms with van der Waals surface area (Å²) in [6.07, 6.45) is 1.26. The molecule has 0 fully saturated rings. The SMILES string of the molecule is CCCC(CNC(=O)C(C(C)C)n1nnc(-c2ccccc2)n1)C(=O)O. The van der Waals surface area contributed by atoms with E-state index in [2.05, 4.69) is 20.7 Å². The summed E-state index contributed by atoms with van der Waals surface area (Å²) in [7, 11) is 0. The molecule has 26 heavy (non-hydrogen) atoms. The van der Waals surface area contributed by atoms with Gasteiger partial charge in [-0.2, -0.15) is 4.80 Å². The highest BCUT2D eigenvalue weighted by molar-refractivity contribution is 5.81. The first kappa shape index (κ1) is 19.6. The van der Waals surface area contributed by atoms with E-state index in [9.17, 15) is 14.7 Å². The third-order valence-electron chi connectivity index (χ3n) is 4.12. The molecule has 0 aliphatic rings. The van der Waals surface area contributed by atoms with Crippen LogP contribution in [0.3, 0.4) is 0 Å². The average molecular weight is 359 g/mol. The largest absolute Gasteiger partial charge is 0.481 e. The summed E-state index contributed by atoms with van der Waals surface area (Å²) in [6.45, 7) is 5.78. The van der Waals surface area contributed by atoms with Crippen molar-refractivity contribution in [1.29, 1.82) is 0 Å². The van der Waals surface area contributed by atoms with E-state index in [4.69, 9.17) is 0 Å². The zero-order valence-electron chi connectivity index (χ0n) is 15.3. The lowest BCUT2D eigenvalue weighted by atomic mass is 10.0. The van der Waals surface area contributed by atoms with Crippen LogP contribution in [0.5, 0.6) is 0 Å². The minimum absolute atomic E-state index is 0.0812. The second-order valence-corrected chi connectivity index (χ2v) is 6.56. The fourth-order valence-corrected chi connectivity index (χ4v) is 2.71. The van der Waals surface area contributed by atoms with Crippen molar-refractivity contribution in [2.24, 2.45) is 11.8 Å². The van der Waals surface area contributed by atoms with Crippen LogP contribution in [0.15, 0.2) is 30.3 Å². The number of rotatable bonds is 9. The van der Waals surface area contributed by atoms with Crippen LogP contribution in [0.25, 0.3) is 11.4 Å². The molecule has 0 saturated carbocycles. The lowest BCUT2D eigenvalue weighted by molar-refractivity contribution is -0.142. The monoisotopic (exact) mass is 359 g/mol. The van der Waals surface area contributed by atoms with E-state index in [0.29, 0.717) is 12.2 Å². The fourth-order valence-electron chi connectivity index (χ4n) is 2.71. The summed E-state index contributed by atoms with van der Waals surface area (Å²) in [6, 6.07) is 8.73. The van der Waals surface area contributed by atoms with Crippen LogP contribution < -0.4 is 5.32 Å². The predicted octanol–water partition coefficient (Wildman–Crippen LogP) is 2.15. The molecule has 2 aromatic rings. The van der Waals surface area contributed by atoms with Gasteiger partial charge in [-0.1, -0.05) is 57.5 Å². The van der Waals surface area contributed by atoms with E-state index in [0.717, 1.165) is 12.0 Å². The van der Waals surface area contributed by atoms with Gasteiger partial charge in [-0.25, -0.2) is 0 Å². The van der Waals surface area contributed by atoms with Gasteiger partial charge in [0.1, 0.15) is 0 Å². The van der Waals surface area contributed by atoms with Crippen molar-refractivity contribution in [1.82, 2.24) is 25.5 Å². The quantitative estimate of drug-likeness (QED) is 0.710. The maximum absolute atomic E-state index is 12.6. The molecule has 0 spiro atoms. The Morgan fingerprint density at radius 3 is 2.50 bits per heavy atom. The normalized spacial score (nSPS) is 13.4. The number of aromatic nitrogens is 4. The van der Waals surface area contributed by atoms with Crippen molar-refractivity contribution < 1.29 is 14.7 Å². The van der Waals surface area contributed by atoms with E-state index in [1.54, 1.807) is 0 Å². The Labute approximate surface area is 152 Å². The van der Waals surface area contributed by atoms with Gasteiger partial charge in [0, 0.05) is 12.1 Å². The minimum atomic E-state index is -0.904. The number of nitrogens with zero attached hydrogens (tertiary/aromatic N) is 4. The van der Waals surface area contributed by atoms with Gasteiger partial charge in [0.2, 0.25) is 11.7 Å². The molecule has 8 heteroatoms. The number of carbonyl (C=O) groups excluding carboxylic acids is 1. The summed E-state index contributed by atoms with van der Waals surface area (Å²) in [5.41, 5.74) is 0.815. The Balaban J connectivity index is 2.12. The van der Waals surface area contributed by atoms with Gasteiger partial charge in [0.05, 0.1) is 5.92 Å². The second-order valence-electron chi connectivity index (χ2n) is 6.56. The molecule has 1 aromatic carbocycles. The lowest BCUT2D eigenvalue weighted by Crippen LogP contribution is -2.40. The highest BCUT2D eigenvalue weighted by Gasteiger charge is 2.28. The topological polar surface area (TPSA) is 110 Å². The van der Waals surface area contributed by atoms with Crippen LogP contribution >= 0.6 is 0 Å². The Morgan fingerprint density at radius 2 is 1.92 bits per heavy atom. The number of benzene rings is 1. The second kappa shape index (κ2) is 9.07. The zero-order valence-corrected chi connectivity index (χ0v) is 15.3. The lowest BCUT2D eigenvalue weighted by Gasteiger charge is -2.20. The number of nitrogens with one attached hydrogen (secondary N) is 1. The van der Waals surface area contributed by atoms with Crippen molar-refractivity contribution in [3.05, 3.63) is 30.3 Å². The highest BCUT2D eigenvalue weighted by atomic mass is 16.4. The third kappa shape index (κ3) is 4.87. The first-order valence-corrected chi connectivity index (χ1v) is 8.79. The van der Waals surface area contributed by atoms with E-state index in [1.807, 2.05) is 51.1 Å². The number of hydrogen-bond acceptors (Lipinski definition) is 5. The maximum Gasteiger partial charge on any atom is 0.308 e. The molecule has 8 nitrogen and oxygen atoms in total. The molecule has 2 rings (SSSR count). The summed E-state index contributed by atoms with van der Waals surface area (Å²) in [5, 5.41) is 24.4. The number of aliphatic carboxylic acids is 1. The minimum Gasteiger partial charge on any atom is -0.481 e. The summed E-state index contributed by atoms with van der Waals surface area (Å²) >= 11 is 0. The molecule has 1 aromatic heterocycles. The van der Waals surface area contributed by atoms with Crippen molar-refractivity contribution in [2.45, 2.75) is 39.7 Å². The molecule has 140 valence electrons. The molecule has 1 heterocycles. The van der Waals surface area contributed by atoms with Gasteiger partial charge in [-0.15, -0.1) is 10.2 Å². The molecule has 0 aliphatic heterocycles. The molecule has 0 saturated heterocycles. The fraction of sp³-hybridized carbons (Fsp3) is 0.500. The number of hydrogen-bond donors (Lipinski definition) is 2. The summed E-state index contributed by atoms with van der Waals surface area (Å²) < 4.78 is 0. The third-order valence-corrected chi connectivity index (χ3v) is 4.12. The number of tetrazole rings is 1. The summed E-state index contributed by atoms with van der Waals surface area (Å²) in [5.74, 6) is -1.45. The van der Waals surface area contributed by atoms with Crippen LogP contribution in [-0.4, -0.2) is 43.7 Å². The average Bonchev–Trinajstić information content (AvgIpc) is 3.08. The van der Waals surface area contributed by atoms with Gasteiger partial charge in [-0.3, -0.25) is 9.59 Å². The molecule has 0 bridgehead atoms. The molecule has 2 atom stereocenters. The standard InChI is InChI=1S/C18H25N5O3/c1-4-8-14(18(25)26)11-19-17(24)15(12(2)3)23-21-16(20-22-23)13-9-6-5-7-10-13/h5-7,9-10,12,14-15H,4,8,11H2,1-3H3,(H,19,24)(H,25,26). The van der Waals surface area contributed by atoms with Crippen LogP contribution in [0.4, 0.5) is 0 Å². The molecular formula is C18H25N5O3. The molecule has 0 radical (unpaired) electrons. The Kier molecular flexibility index (Phi) is 6.82. The Hall–Kier alpha value is -2.77.